The first-order valence-corrected chi connectivity index (χ1v) is 15.4. The van der Waals surface area contributed by atoms with Crippen LogP contribution < -0.4 is 22.1 Å². The highest BCUT2D eigenvalue weighted by molar-refractivity contribution is 5.83. The molecular weight excluding hydrogens is 605 g/mol. The van der Waals surface area contributed by atoms with Crippen molar-refractivity contribution < 1.29 is 22.0 Å². The number of fused-ring (bicyclic) bond motifs is 1. The number of nitrogens with two attached hydrogens (primary N) is 1. The number of aryl methyl sites for hydroxylation is 1. The third kappa shape index (κ3) is 8.18. The van der Waals surface area contributed by atoms with Gasteiger partial charge >= 0.3 is 11.9 Å². The fourth-order valence-electron chi connectivity index (χ4n) is 5.64. The first kappa shape index (κ1) is 33.3. The number of nitrogens with zero attached hydrogens (tertiary/aromatic N) is 2. The summed E-state index contributed by atoms with van der Waals surface area (Å²) in [6.45, 7) is 2.37. The van der Waals surface area contributed by atoms with E-state index < -0.39 is 36.0 Å². The van der Waals surface area contributed by atoms with Crippen LogP contribution >= 0.6 is 0 Å². The average Bonchev–Trinajstić information content (AvgIpc) is 3.77. The number of rotatable bonds is 14. The van der Waals surface area contributed by atoms with E-state index in [2.05, 4.69) is 20.6 Å². The molecule has 1 aliphatic carbocycles. The maximum Gasteiger partial charge on any atom is 0.419 e. The van der Waals surface area contributed by atoms with Crippen LogP contribution in [0.2, 0.25) is 0 Å². The van der Waals surface area contributed by atoms with Crippen LogP contribution in [0.4, 0.5) is 22.0 Å². The van der Waals surface area contributed by atoms with Crippen molar-refractivity contribution in [1.82, 2.24) is 25.2 Å². The second-order valence-electron chi connectivity index (χ2n) is 12.0. The van der Waals surface area contributed by atoms with E-state index in [4.69, 9.17) is 11.1 Å². The summed E-state index contributed by atoms with van der Waals surface area (Å²) in [4.78, 5) is 19.8. The molecule has 2 atom stereocenters. The van der Waals surface area contributed by atoms with E-state index in [1.165, 1.54) is 35.7 Å². The van der Waals surface area contributed by atoms with Crippen molar-refractivity contribution >= 4 is 16.9 Å². The molecule has 1 saturated carbocycles. The van der Waals surface area contributed by atoms with E-state index in [9.17, 15) is 22.4 Å². The van der Waals surface area contributed by atoms with E-state index >= 15 is 4.39 Å². The summed E-state index contributed by atoms with van der Waals surface area (Å²) in [5, 5.41) is 14.6. The molecule has 46 heavy (non-hydrogen) atoms. The zero-order chi connectivity index (χ0) is 33.0. The zero-order valence-corrected chi connectivity index (χ0v) is 25.5. The second-order valence-corrected chi connectivity index (χ2v) is 12.0. The van der Waals surface area contributed by atoms with Crippen molar-refractivity contribution in [3.8, 4) is 16.9 Å². The molecule has 13 heteroatoms. The van der Waals surface area contributed by atoms with Gasteiger partial charge in [0, 0.05) is 42.3 Å². The Morgan fingerprint density at radius 1 is 1.15 bits per heavy atom. The molecule has 0 aliphatic heterocycles. The first-order chi connectivity index (χ1) is 21.9. The predicted molar refractivity (Wildman–Crippen MR) is 168 cm³/mol. The minimum Gasteiger partial charge on any atom is -0.374 e. The Hall–Kier alpha value is -4.10. The quantitative estimate of drug-likeness (QED) is 0.0655. The Morgan fingerprint density at radius 3 is 2.54 bits per heavy atom. The fraction of sp³-hybridized carbons (Fsp3) is 0.424. The molecule has 246 valence electrons. The van der Waals surface area contributed by atoms with Crippen LogP contribution in [0, 0.1) is 17.1 Å². The zero-order valence-electron chi connectivity index (χ0n) is 25.5. The highest BCUT2D eigenvalue weighted by Crippen LogP contribution is 2.38. The SMILES string of the molecule is CC(=N)NCC[C@@H](NCc1ccc(-n2cc3cc(-c4cc(CCC[C@@H](N)CF)cc(C(F)(F)F)c4F)[nH]c3nc2=O)cc1)C1CC1. The van der Waals surface area contributed by atoms with Crippen molar-refractivity contribution in [2.24, 2.45) is 11.7 Å². The van der Waals surface area contributed by atoms with E-state index in [1.807, 2.05) is 12.1 Å². The molecule has 0 saturated heterocycles. The van der Waals surface area contributed by atoms with Gasteiger partial charge in [0.15, 0.2) is 0 Å². The highest BCUT2D eigenvalue weighted by Gasteiger charge is 2.36. The number of H-pyrrole nitrogens is 1. The van der Waals surface area contributed by atoms with Crippen LogP contribution in [0.1, 0.15) is 55.7 Å². The Labute approximate surface area is 263 Å². The van der Waals surface area contributed by atoms with Gasteiger partial charge in [0.1, 0.15) is 18.1 Å². The van der Waals surface area contributed by atoms with Crippen LogP contribution in [0.5, 0.6) is 0 Å². The van der Waals surface area contributed by atoms with Gasteiger partial charge in [-0.2, -0.15) is 18.2 Å². The number of hydrogen-bond acceptors (Lipinski definition) is 5. The highest BCUT2D eigenvalue weighted by atomic mass is 19.4. The molecule has 0 bridgehead atoms. The van der Waals surface area contributed by atoms with Crippen LogP contribution in [-0.4, -0.2) is 45.7 Å². The Kier molecular flexibility index (Phi) is 10.2. The van der Waals surface area contributed by atoms with Gasteiger partial charge in [0.2, 0.25) is 0 Å². The van der Waals surface area contributed by atoms with E-state index in [0.29, 0.717) is 41.8 Å². The van der Waals surface area contributed by atoms with Gasteiger partial charge in [-0.25, -0.2) is 13.6 Å². The summed E-state index contributed by atoms with van der Waals surface area (Å²) in [6.07, 6.45) is 0.647. The number of hydrogen-bond donors (Lipinski definition) is 5. The number of aromatic nitrogens is 3. The predicted octanol–water partition coefficient (Wildman–Crippen LogP) is 6.00. The van der Waals surface area contributed by atoms with Crippen molar-refractivity contribution in [2.45, 2.75) is 70.3 Å². The van der Waals surface area contributed by atoms with Crippen LogP contribution in [0.15, 0.2) is 53.5 Å². The summed E-state index contributed by atoms with van der Waals surface area (Å²) in [5.74, 6) is -0.352. The number of amidine groups is 1. The van der Waals surface area contributed by atoms with Crippen molar-refractivity contribution in [2.75, 3.05) is 13.2 Å². The molecular formula is C33H38F5N7O. The van der Waals surface area contributed by atoms with Gasteiger partial charge in [0.05, 0.1) is 22.8 Å². The van der Waals surface area contributed by atoms with Gasteiger partial charge in [-0.15, -0.1) is 0 Å². The number of halogens is 5. The molecule has 1 fully saturated rings. The smallest absolute Gasteiger partial charge is 0.374 e. The second kappa shape index (κ2) is 14.1. The van der Waals surface area contributed by atoms with Gasteiger partial charge in [0.25, 0.3) is 0 Å². The van der Waals surface area contributed by atoms with Crippen LogP contribution in [-0.2, 0) is 19.1 Å². The Morgan fingerprint density at radius 2 is 1.89 bits per heavy atom. The minimum absolute atomic E-state index is 0.0441. The fourth-order valence-corrected chi connectivity index (χ4v) is 5.64. The monoisotopic (exact) mass is 643 g/mol. The molecule has 2 aromatic heterocycles. The summed E-state index contributed by atoms with van der Waals surface area (Å²) in [6, 6.07) is 10.6. The maximum atomic E-state index is 15.3. The van der Waals surface area contributed by atoms with Gasteiger partial charge in [-0.05, 0) is 92.8 Å². The molecule has 6 N–H and O–H groups in total. The number of benzene rings is 2. The Bertz CT molecular complexity index is 1730. The number of nitrogens with one attached hydrogen (secondary N) is 4. The van der Waals surface area contributed by atoms with Gasteiger partial charge in [-0.3, -0.25) is 9.98 Å². The topological polar surface area (TPSA) is 125 Å². The molecule has 8 nitrogen and oxygen atoms in total. The molecule has 4 aromatic rings. The van der Waals surface area contributed by atoms with Crippen molar-refractivity contribution in [3.05, 3.63) is 81.7 Å². The summed E-state index contributed by atoms with van der Waals surface area (Å²) in [7, 11) is 0. The molecule has 0 unspecified atom stereocenters. The molecule has 5 rings (SSSR count). The van der Waals surface area contributed by atoms with E-state index in [-0.39, 0.29) is 35.3 Å². The lowest BCUT2D eigenvalue weighted by Gasteiger charge is -2.19. The molecule has 2 aromatic carbocycles. The molecule has 0 radical (unpaired) electrons. The lowest BCUT2D eigenvalue weighted by Crippen LogP contribution is -2.34. The molecule has 2 heterocycles. The Balaban J connectivity index is 1.36. The summed E-state index contributed by atoms with van der Waals surface area (Å²) in [5.41, 5.74) is 5.24. The third-order valence-electron chi connectivity index (χ3n) is 8.29. The van der Waals surface area contributed by atoms with E-state index in [1.54, 1.807) is 19.1 Å². The largest absolute Gasteiger partial charge is 0.419 e. The number of alkyl halides is 4. The maximum absolute atomic E-state index is 15.3. The molecule has 0 amide bonds. The van der Waals surface area contributed by atoms with Gasteiger partial charge in [-0.1, -0.05) is 12.1 Å². The van der Waals surface area contributed by atoms with Crippen LogP contribution in [0.25, 0.3) is 28.0 Å². The van der Waals surface area contributed by atoms with Crippen LogP contribution in [0.3, 0.4) is 0 Å². The average molecular weight is 644 g/mol. The van der Waals surface area contributed by atoms with E-state index in [0.717, 1.165) is 24.6 Å². The molecule has 0 spiro atoms. The third-order valence-corrected chi connectivity index (χ3v) is 8.29. The van der Waals surface area contributed by atoms with Crippen molar-refractivity contribution in [3.63, 3.8) is 0 Å². The normalized spacial score (nSPS) is 14.8. The summed E-state index contributed by atoms with van der Waals surface area (Å²) >= 11 is 0. The standard InChI is InChI=1S/C33H38F5N7O/c1-19(39)41-12-11-28(22-7-8-22)42-17-20-5-9-25(10-6-20)45-18-23-15-29(43-31(23)44-32(45)46)26-13-21(3-2-4-24(40)16-34)14-27(30(26)35)33(36,37)38/h5-6,9-10,13-15,18,22,24,28,42H,2-4,7-8,11-12,16-17,40H2,1H3,(H2,39,41)(H,43,44,46)/t24-,28-/m1/s1. The lowest BCUT2D eigenvalue weighted by molar-refractivity contribution is -0.140. The lowest BCUT2D eigenvalue weighted by atomic mass is 9.98. The molecule has 1 aliphatic rings. The van der Waals surface area contributed by atoms with Crippen molar-refractivity contribution in [1.29, 1.82) is 5.41 Å². The number of aromatic amines is 1. The van der Waals surface area contributed by atoms with Gasteiger partial charge < -0.3 is 21.4 Å². The minimum atomic E-state index is -4.93. The summed E-state index contributed by atoms with van der Waals surface area (Å²) < 4.78 is 70.6. The first-order valence-electron chi connectivity index (χ1n) is 15.4.